The standard InChI is InChI=1S/C21H36O3Si4/c1-25(2,3)22-28(23-26(4,5)6,24-27(7,8)9)21-18-14-13-17-20(21)19-15-11-10-12-16-19/h10-18H,1-9H3. The van der Waals surface area contributed by atoms with E-state index in [-0.39, 0.29) is 0 Å². The van der Waals surface area contributed by atoms with E-state index < -0.39 is 33.8 Å². The molecule has 0 aliphatic rings. The SMILES string of the molecule is C[Si](C)(C)O[Si](O[Si](C)(C)C)(O[Si](C)(C)C)c1ccccc1-c1ccccc1. The minimum Gasteiger partial charge on any atom is -0.414 e. The van der Waals surface area contributed by atoms with E-state index in [0.29, 0.717) is 0 Å². The third-order valence-corrected chi connectivity index (χ3v) is 15.3. The first kappa shape index (κ1) is 23.5. The van der Waals surface area contributed by atoms with Crippen LogP contribution in [0.1, 0.15) is 0 Å². The molecular formula is C21H36O3Si4. The Morgan fingerprint density at radius 1 is 0.500 bits per heavy atom. The molecule has 2 rings (SSSR count). The van der Waals surface area contributed by atoms with Crippen molar-refractivity contribution in [1.82, 2.24) is 0 Å². The van der Waals surface area contributed by atoms with Gasteiger partial charge in [-0.15, -0.1) is 0 Å². The molecule has 28 heavy (non-hydrogen) atoms. The maximum atomic E-state index is 6.93. The van der Waals surface area contributed by atoms with Gasteiger partial charge in [0.15, 0.2) is 25.0 Å². The zero-order valence-electron chi connectivity index (χ0n) is 18.9. The Labute approximate surface area is 175 Å². The van der Waals surface area contributed by atoms with Crippen molar-refractivity contribution in [3.63, 3.8) is 0 Å². The largest absolute Gasteiger partial charge is 0.506 e. The molecule has 2 aromatic carbocycles. The Balaban J connectivity index is 2.77. The Morgan fingerprint density at radius 2 is 0.893 bits per heavy atom. The molecule has 0 bridgehead atoms. The van der Waals surface area contributed by atoms with Gasteiger partial charge in [0.25, 0.3) is 0 Å². The normalized spacial score (nSPS) is 13.6. The van der Waals surface area contributed by atoms with Crippen molar-refractivity contribution in [2.24, 2.45) is 0 Å². The van der Waals surface area contributed by atoms with Crippen molar-refractivity contribution < 1.29 is 12.3 Å². The number of benzene rings is 2. The van der Waals surface area contributed by atoms with Gasteiger partial charge in [0.05, 0.1) is 0 Å². The molecule has 154 valence electrons. The Kier molecular flexibility index (Phi) is 7.13. The van der Waals surface area contributed by atoms with E-state index in [1.807, 2.05) is 6.07 Å². The molecule has 0 aliphatic heterocycles. The van der Waals surface area contributed by atoms with Gasteiger partial charge < -0.3 is 12.3 Å². The topological polar surface area (TPSA) is 27.7 Å². The van der Waals surface area contributed by atoms with E-state index in [1.165, 1.54) is 5.56 Å². The molecule has 0 heterocycles. The van der Waals surface area contributed by atoms with Crippen LogP contribution in [0.4, 0.5) is 0 Å². The molecule has 0 aliphatic carbocycles. The fourth-order valence-electron chi connectivity index (χ4n) is 3.06. The monoisotopic (exact) mass is 448 g/mol. The van der Waals surface area contributed by atoms with Gasteiger partial charge in [-0.1, -0.05) is 54.6 Å². The zero-order valence-corrected chi connectivity index (χ0v) is 22.9. The summed E-state index contributed by atoms with van der Waals surface area (Å²) in [6, 6.07) is 19.0. The molecule has 0 saturated carbocycles. The van der Waals surface area contributed by atoms with Crippen molar-refractivity contribution in [2.45, 2.75) is 58.9 Å². The number of hydrogen-bond donors (Lipinski definition) is 0. The van der Waals surface area contributed by atoms with Crippen LogP contribution in [-0.2, 0) is 12.3 Å². The summed E-state index contributed by atoms with van der Waals surface area (Å²) >= 11 is 0. The van der Waals surface area contributed by atoms with E-state index in [2.05, 4.69) is 107 Å². The zero-order chi connectivity index (χ0) is 21.2. The van der Waals surface area contributed by atoms with Gasteiger partial charge >= 0.3 is 8.80 Å². The summed E-state index contributed by atoms with van der Waals surface area (Å²) in [5.74, 6) is 0. The van der Waals surface area contributed by atoms with Gasteiger partial charge in [-0.2, -0.15) is 0 Å². The van der Waals surface area contributed by atoms with Crippen LogP contribution in [0.15, 0.2) is 54.6 Å². The Morgan fingerprint density at radius 3 is 1.32 bits per heavy atom. The van der Waals surface area contributed by atoms with Crippen molar-refractivity contribution >= 4 is 38.9 Å². The minimum absolute atomic E-state index is 1.11. The molecule has 0 radical (unpaired) electrons. The fourth-order valence-corrected chi connectivity index (χ4v) is 16.5. The first-order valence-electron chi connectivity index (χ1n) is 9.96. The third-order valence-electron chi connectivity index (χ3n) is 3.66. The third kappa shape index (κ3) is 6.91. The van der Waals surface area contributed by atoms with Gasteiger partial charge in [0, 0.05) is 5.19 Å². The first-order valence-corrected chi connectivity index (χ1v) is 21.9. The quantitative estimate of drug-likeness (QED) is 0.460. The first-order chi connectivity index (χ1) is 12.7. The molecule has 0 amide bonds. The van der Waals surface area contributed by atoms with Gasteiger partial charge in [0.1, 0.15) is 0 Å². The molecular weight excluding hydrogens is 413 g/mol. The number of hydrogen-bond acceptors (Lipinski definition) is 3. The fraction of sp³-hybridized carbons (Fsp3) is 0.429. The van der Waals surface area contributed by atoms with E-state index in [9.17, 15) is 0 Å². The van der Waals surface area contributed by atoms with Crippen LogP contribution in [0.5, 0.6) is 0 Å². The van der Waals surface area contributed by atoms with Crippen molar-refractivity contribution in [3.05, 3.63) is 54.6 Å². The molecule has 7 heteroatoms. The van der Waals surface area contributed by atoms with Crippen LogP contribution in [0, 0.1) is 0 Å². The van der Waals surface area contributed by atoms with Crippen LogP contribution in [-0.4, -0.2) is 33.8 Å². The second-order valence-corrected chi connectivity index (χ2v) is 26.9. The maximum Gasteiger partial charge on any atom is 0.506 e. The van der Waals surface area contributed by atoms with Gasteiger partial charge in [0.2, 0.25) is 0 Å². The Hall–Kier alpha value is -0.812. The average molecular weight is 449 g/mol. The summed E-state index contributed by atoms with van der Waals surface area (Å²) in [4.78, 5) is 0. The highest BCUT2D eigenvalue weighted by Gasteiger charge is 2.53. The Bertz CT molecular complexity index is 734. The predicted octanol–water partition coefficient (Wildman–Crippen LogP) is 6.05. The second kappa shape index (κ2) is 8.51. The molecule has 0 saturated heterocycles. The average Bonchev–Trinajstić information content (AvgIpc) is 2.50. The summed E-state index contributed by atoms with van der Waals surface area (Å²) in [5.41, 5.74) is 2.33. The van der Waals surface area contributed by atoms with Gasteiger partial charge in [-0.25, -0.2) is 0 Å². The molecule has 3 nitrogen and oxygen atoms in total. The minimum atomic E-state index is -3.12. The molecule has 0 aromatic heterocycles. The lowest BCUT2D eigenvalue weighted by atomic mass is 10.1. The van der Waals surface area contributed by atoms with Gasteiger partial charge in [-0.05, 0) is 70.1 Å². The molecule has 0 unspecified atom stereocenters. The van der Waals surface area contributed by atoms with Crippen LogP contribution in [0.3, 0.4) is 0 Å². The lowest BCUT2D eigenvalue weighted by molar-refractivity contribution is 0.273. The molecule has 0 N–H and O–H groups in total. The van der Waals surface area contributed by atoms with Crippen LogP contribution < -0.4 is 5.19 Å². The van der Waals surface area contributed by atoms with Crippen molar-refractivity contribution in [1.29, 1.82) is 0 Å². The van der Waals surface area contributed by atoms with E-state index in [4.69, 9.17) is 12.3 Å². The lowest BCUT2D eigenvalue weighted by Gasteiger charge is -2.43. The highest BCUT2D eigenvalue weighted by molar-refractivity contribution is 6.96. The van der Waals surface area contributed by atoms with Crippen LogP contribution >= 0.6 is 0 Å². The molecule has 2 aromatic rings. The van der Waals surface area contributed by atoms with E-state index in [0.717, 1.165) is 10.8 Å². The summed E-state index contributed by atoms with van der Waals surface area (Å²) in [6.07, 6.45) is 0. The van der Waals surface area contributed by atoms with Crippen molar-refractivity contribution in [2.75, 3.05) is 0 Å². The highest BCUT2D eigenvalue weighted by Crippen LogP contribution is 2.29. The molecule has 0 spiro atoms. The predicted molar refractivity (Wildman–Crippen MR) is 131 cm³/mol. The van der Waals surface area contributed by atoms with Crippen LogP contribution in [0.2, 0.25) is 58.9 Å². The summed E-state index contributed by atoms with van der Waals surface area (Å²) < 4.78 is 20.8. The summed E-state index contributed by atoms with van der Waals surface area (Å²) in [5, 5.41) is 1.11. The molecule has 0 fully saturated rings. The van der Waals surface area contributed by atoms with Crippen LogP contribution in [0.25, 0.3) is 11.1 Å². The maximum absolute atomic E-state index is 6.93. The van der Waals surface area contributed by atoms with Crippen molar-refractivity contribution in [3.8, 4) is 11.1 Å². The lowest BCUT2D eigenvalue weighted by Crippen LogP contribution is -2.67. The van der Waals surface area contributed by atoms with E-state index >= 15 is 0 Å². The van der Waals surface area contributed by atoms with E-state index in [1.54, 1.807) is 0 Å². The van der Waals surface area contributed by atoms with Gasteiger partial charge in [-0.3, -0.25) is 0 Å². The molecule has 0 atom stereocenters. The highest BCUT2D eigenvalue weighted by atomic mass is 28.5. The summed E-state index contributed by atoms with van der Waals surface area (Å²) in [7, 11) is -8.95. The summed E-state index contributed by atoms with van der Waals surface area (Å²) in [6.45, 7) is 20.0. The smallest absolute Gasteiger partial charge is 0.414 e. The number of rotatable bonds is 8. The second-order valence-electron chi connectivity index (χ2n) is 10.1.